The van der Waals surface area contributed by atoms with Crippen molar-refractivity contribution >= 4 is 17.2 Å². The van der Waals surface area contributed by atoms with Gasteiger partial charge in [0.05, 0.1) is 16.6 Å². The van der Waals surface area contributed by atoms with Crippen LogP contribution in [0.25, 0.3) is 16.4 Å². The number of hydrogen-bond acceptors (Lipinski definition) is 6. The van der Waals surface area contributed by atoms with E-state index in [1.54, 1.807) is 17.0 Å². The van der Waals surface area contributed by atoms with Crippen LogP contribution in [-0.2, 0) is 0 Å². The number of thiophene rings is 1. The summed E-state index contributed by atoms with van der Waals surface area (Å²) in [6.45, 7) is 6.33. The Balaban J connectivity index is 1.58. The number of rotatable bonds is 5. The second-order valence-electron chi connectivity index (χ2n) is 7.77. The quantitative estimate of drug-likeness (QED) is 0.610. The Morgan fingerprint density at radius 2 is 1.97 bits per heavy atom. The van der Waals surface area contributed by atoms with Crippen molar-refractivity contribution in [1.29, 1.82) is 5.26 Å². The van der Waals surface area contributed by atoms with Crippen LogP contribution in [0.1, 0.15) is 24.5 Å². The molecule has 2 aromatic heterocycles. The molecule has 0 bridgehead atoms. The van der Waals surface area contributed by atoms with Crippen molar-refractivity contribution in [2.24, 2.45) is 5.92 Å². The summed E-state index contributed by atoms with van der Waals surface area (Å²) < 4.78 is 15.3. The molecule has 1 fully saturated rings. The van der Waals surface area contributed by atoms with Gasteiger partial charge >= 0.3 is 0 Å². The predicted octanol–water partition coefficient (Wildman–Crippen LogP) is 3.44. The van der Waals surface area contributed by atoms with E-state index in [1.807, 2.05) is 31.4 Å². The predicted molar refractivity (Wildman–Crippen MR) is 116 cm³/mol. The van der Waals surface area contributed by atoms with Crippen molar-refractivity contribution in [3.05, 3.63) is 53.4 Å². The van der Waals surface area contributed by atoms with E-state index in [9.17, 15) is 14.4 Å². The molecule has 3 heterocycles. The summed E-state index contributed by atoms with van der Waals surface area (Å²) in [6, 6.07) is 12.1. The number of aromatic nitrogens is 3. The zero-order chi connectivity index (χ0) is 22.0. The molecular formula is C22H23FN6OS. The molecule has 9 heteroatoms. The van der Waals surface area contributed by atoms with Crippen molar-refractivity contribution in [2.45, 2.75) is 19.9 Å². The van der Waals surface area contributed by atoms with E-state index in [0.717, 1.165) is 4.88 Å². The average Bonchev–Trinajstić information content (AvgIpc) is 3.44. The molecule has 1 aliphatic rings. The Kier molecular flexibility index (Phi) is 6.11. The molecule has 0 radical (unpaired) electrons. The summed E-state index contributed by atoms with van der Waals surface area (Å²) in [5.41, 5.74) is 0.508. The lowest BCUT2D eigenvalue weighted by Crippen LogP contribution is -2.53. The number of piperazine rings is 1. The number of amides is 1. The van der Waals surface area contributed by atoms with Gasteiger partial charge < -0.3 is 4.90 Å². The summed E-state index contributed by atoms with van der Waals surface area (Å²) in [6.07, 6.45) is 0. The van der Waals surface area contributed by atoms with Crippen LogP contribution in [0.3, 0.4) is 0 Å². The van der Waals surface area contributed by atoms with Gasteiger partial charge in [-0.3, -0.25) is 9.69 Å². The van der Waals surface area contributed by atoms with Crippen molar-refractivity contribution in [3.63, 3.8) is 0 Å². The summed E-state index contributed by atoms with van der Waals surface area (Å²) in [5.74, 6) is 0.176. The maximum absolute atomic E-state index is 13.8. The van der Waals surface area contributed by atoms with Crippen molar-refractivity contribution in [2.75, 3.05) is 26.2 Å². The zero-order valence-electron chi connectivity index (χ0n) is 17.4. The van der Waals surface area contributed by atoms with Crippen LogP contribution < -0.4 is 0 Å². The van der Waals surface area contributed by atoms with E-state index in [2.05, 4.69) is 21.1 Å². The summed E-state index contributed by atoms with van der Waals surface area (Å²) in [7, 11) is 0. The Labute approximate surface area is 184 Å². The summed E-state index contributed by atoms with van der Waals surface area (Å²) in [4.78, 5) is 22.3. The second kappa shape index (κ2) is 8.96. The molecule has 1 amide bonds. The van der Waals surface area contributed by atoms with E-state index >= 15 is 0 Å². The fraction of sp³-hybridized carbons (Fsp3) is 0.364. The van der Waals surface area contributed by atoms with Crippen LogP contribution in [0, 0.1) is 23.1 Å². The molecule has 0 aliphatic carbocycles. The second-order valence-corrected chi connectivity index (χ2v) is 8.72. The fourth-order valence-corrected chi connectivity index (χ4v) is 4.45. The lowest BCUT2D eigenvalue weighted by molar-refractivity contribution is 0.0565. The van der Waals surface area contributed by atoms with Crippen LogP contribution in [0.5, 0.6) is 0 Å². The number of halogens is 1. The molecule has 0 saturated carbocycles. The van der Waals surface area contributed by atoms with Gasteiger partial charge in [0, 0.05) is 26.2 Å². The van der Waals surface area contributed by atoms with E-state index in [4.69, 9.17) is 0 Å². The molecule has 1 unspecified atom stereocenters. The molecule has 0 N–H and O–H groups in total. The number of carbonyl (C=O) groups excluding carboxylic acids is 1. The standard InChI is InChI=1S/C22H23FN6OS/c1-15(2)18(14-24)27-8-10-28(11-9-27)22(30)20-25-21(19-7-4-12-31-19)29(26-20)17-6-3-5-16(23)13-17/h3-7,12-13,15,18H,8-11H2,1-2H3. The summed E-state index contributed by atoms with van der Waals surface area (Å²) >= 11 is 1.48. The first-order chi connectivity index (χ1) is 15.0. The van der Waals surface area contributed by atoms with Crippen LogP contribution in [0.2, 0.25) is 0 Å². The molecular weight excluding hydrogens is 415 g/mol. The molecule has 31 heavy (non-hydrogen) atoms. The lowest BCUT2D eigenvalue weighted by Gasteiger charge is -2.37. The SMILES string of the molecule is CC(C)C(C#N)N1CCN(C(=O)c2nc(-c3cccs3)n(-c3cccc(F)c3)n2)CC1. The molecule has 160 valence electrons. The van der Waals surface area contributed by atoms with Gasteiger partial charge in [0.1, 0.15) is 11.9 Å². The van der Waals surface area contributed by atoms with Crippen LogP contribution in [-0.4, -0.2) is 62.7 Å². The smallest absolute Gasteiger partial charge is 0.293 e. The number of benzene rings is 1. The minimum Gasteiger partial charge on any atom is -0.333 e. The highest BCUT2D eigenvalue weighted by atomic mass is 32.1. The Morgan fingerprint density at radius 1 is 1.19 bits per heavy atom. The van der Waals surface area contributed by atoms with Crippen LogP contribution >= 0.6 is 11.3 Å². The maximum Gasteiger partial charge on any atom is 0.293 e. The fourth-order valence-electron chi connectivity index (χ4n) is 3.75. The van der Waals surface area contributed by atoms with Gasteiger partial charge in [-0.15, -0.1) is 16.4 Å². The monoisotopic (exact) mass is 438 g/mol. The Morgan fingerprint density at radius 3 is 2.58 bits per heavy atom. The van der Waals surface area contributed by atoms with Crippen molar-refractivity contribution < 1.29 is 9.18 Å². The van der Waals surface area contributed by atoms with Gasteiger partial charge in [-0.1, -0.05) is 26.0 Å². The highest BCUT2D eigenvalue weighted by Crippen LogP contribution is 2.26. The van der Waals surface area contributed by atoms with E-state index in [-0.39, 0.29) is 29.5 Å². The number of nitrogens with zero attached hydrogens (tertiary/aromatic N) is 6. The first-order valence-electron chi connectivity index (χ1n) is 10.2. The normalized spacial score (nSPS) is 15.8. The maximum atomic E-state index is 13.8. The molecule has 0 spiro atoms. The van der Waals surface area contributed by atoms with Gasteiger partial charge in [0.25, 0.3) is 5.91 Å². The first-order valence-corrected chi connectivity index (χ1v) is 11.1. The number of carbonyl (C=O) groups is 1. The van der Waals surface area contributed by atoms with Crippen molar-refractivity contribution in [1.82, 2.24) is 24.6 Å². The third-order valence-corrected chi connectivity index (χ3v) is 6.22. The van der Waals surface area contributed by atoms with Gasteiger partial charge in [0.2, 0.25) is 5.82 Å². The summed E-state index contributed by atoms with van der Waals surface area (Å²) in [5, 5.41) is 15.8. The van der Waals surface area contributed by atoms with Crippen LogP contribution in [0.4, 0.5) is 4.39 Å². The number of nitriles is 1. The topological polar surface area (TPSA) is 78.0 Å². The van der Waals surface area contributed by atoms with Gasteiger partial charge in [-0.25, -0.2) is 14.1 Å². The van der Waals surface area contributed by atoms with E-state index < -0.39 is 0 Å². The minimum atomic E-state index is -0.383. The Hall–Kier alpha value is -3.09. The molecule has 7 nitrogen and oxygen atoms in total. The van der Waals surface area contributed by atoms with Crippen LogP contribution in [0.15, 0.2) is 41.8 Å². The molecule has 4 rings (SSSR count). The molecule has 1 saturated heterocycles. The largest absolute Gasteiger partial charge is 0.333 e. The van der Waals surface area contributed by atoms with Crippen molar-refractivity contribution in [3.8, 4) is 22.5 Å². The highest BCUT2D eigenvalue weighted by molar-refractivity contribution is 7.13. The molecule has 1 aromatic carbocycles. The lowest BCUT2D eigenvalue weighted by atomic mass is 10.0. The number of hydrogen-bond donors (Lipinski definition) is 0. The van der Waals surface area contributed by atoms with Gasteiger partial charge in [-0.05, 0) is 35.6 Å². The third kappa shape index (κ3) is 4.36. The van der Waals surface area contributed by atoms with Gasteiger partial charge in [0.15, 0.2) is 5.82 Å². The van der Waals surface area contributed by atoms with Gasteiger partial charge in [-0.2, -0.15) is 5.26 Å². The molecule has 1 aliphatic heterocycles. The zero-order valence-corrected chi connectivity index (χ0v) is 18.2. The highest BCUT2D eigenvalue weighted by Gasteiger charge is 2.30. The Bertz CT molecular complexity index is 1100. The average molecular weight is 439 g/mol. The van der Waals surface area contributed by atoms with E-state index in [0.29, 0.717) is 37.7 Å². The third-order valence-electron chi connectivity index (χ3n) is 5.35. The van der Waals surface area contributed by atoms with E-state index in [1.165, 1.54) is 28.2 Å². The minimum absolute atomic E-state index is 0.0850. The first kappa shape index (κ1) is 21.2. The molecule has 1 atom stereocenters. The molecule has 3 aromatic rings.